The highest BCUT2D eigenvalue weighted by Gasteiger charge is 2.34. The number of ether oxygens (including phenoxy) is 1. The topological polar surface area (TPSA) is 86.5 Å². The summed E-state index contributed by atoms with van der Waals surface area (Å²) in [5, 5.41) is 10.8. The first-order chi connectivity index (χ1) is 10.6. The van der Waals surface area contributed by atoms with Crippen molar-refractivity contribution in [1.29, 1.82) is 0 Å². The van der Waals surface area contributed by atoms with Crippen molar-refractivity contribution in [2.75, 3.05) is 0 Å². The molecule has 0 radical (unpaired) electrons. The minimum absolute atomic E-state index is 0.0144. The highest BCUT2D eigenvalue weighted by atomic mass is 16.6. The van der Waals surface area contributed by atoms with Crippen LogP contribution in [0.25, 0.3) is 0 Å². The van der Waals surface area contributed by atoms with Crippen LogP contribution in [-0.4, -0.2) is 16.7 Å². The van der Waals surface area contributed by atoms with E-state index in [4.69, 9.17) is 4.74 Å². The number of carbonyl (C=O) groups is 2. The molecule has 0 amide bonds. The van der Waals surface area contributed by atoms with Gasteiger partial charge in [-0.25, -0.2) is 4.79 Å². The van der Waals surface area contributed by atoms with E-state index in [-0.39, 0.29) is 23.5 Å². The number of carbonyl (C=O) groups excluding carboxylic acids is 2. The van der Waals surface area contributed by atoms with E-state index in [9.17, 15) is 19.7 Å². The van der Waals surface area contributed by atoms with Gasteiger partial charge in [-0.1, -0.05) is 30.3 Å². The second-order valence-electron chi connectivity index (χ2n) is 4.92. The van der Waals surface area contributed by atoms with Gasteiger partial charge in [-0.3, -0.25) is 14.9 Å². The molecule has 1 aliphatic heterocycles. The van der Waals surface area contributed by atoms with E-state index in [1.165, 1.54) is 18.2 Å². The predicted octanol–water partition coefficient (Wildman–Crippen LogP) is 3.08. The molecule has 0 aliphatic carbocycles. The number of non-ortho nitro benzene ring substituents is 1. The van der Waals surface area contributed by atoms with Gasteiger partial charge in [-0.2, -0.15) is 0 Å². The lowest BCUT2D eigenvalue weighted by atomic mass is 9.98. The second-order valence-corrected chi connectivity index (χ2v) is 4.92. The van der Waals surface area contributed by atoms with E-state index in [0.717, 1.165) is 0 Å². The van der Waals surface area contributed by atoms with Crippen LogP contribution in [0.1, 0.15) is 38.8 Å². The minimum Gasteiger partial charge on any atom is -0.453 e. The maximum Gasteiger partial charge on any atom is 0.339 e. The van der Waals surface area contributed by atoms with Crippen LogP contribution >= 0.6 is 0 Å². The molecule has 2 aromatic carbocycles. The third-order valence-corrected chi connectivity index (χ3v) is 3.53. The van der Waals surface area contributed by atoms with Crippen molar-refractivity contribution < 1.29 is 19.2 Å². The summed E-state index contributed by atoms with van der Waals surface area (Å²) in [4.78, 5) is 34.2. The largest absolute Gasteiger partial charge is 0.453 e. The maximum atomic E-state index is 12.2. The van der Waals surface area contributed by atoms with Crippen molar-refractivity contribution in [2.24, 2.45) is 0 Å². The molecule has 3 rings (SSSR count). The third kappa shape index (κ3) is 2.46. The first-order valence-corrected chi connectivity index (χ1v) is 6.64. The van der Waals surface area contributed by atoms with Crippen LogP contribution in [0.2, 0.25) is 0 Å². The Morgan fingerprint density at radius 1 is 1.18 bits per heavy atom. The Kier molecular flexibility index (Phi) is 3.42. The van der Waals surface area contributed by atoms with E-state index in [1.54, 1.807) is 30.3 Å². The zero-order valence-corrected chi connectivity index (χ0v) is 11.4. The molecular formula is C16H11NO5. The molecule has 0 bridgehead atoms. The molecule has 0 N–H and O–H groups in total. The predicted molar refractivity (Wildman–Crippen MR) is 76.6 cm³/mol. The fourth-order valence-electron chi connectivity index (χ4n) is 2.43. The molecule has 2 aromatic rings. The Labute approximate surface area is 125 Å². The van der Waals surface area contributed by atoms with Gasteiger partial charge in [0.15, 0.2) is 5.78 Å². The summed E-state index contributed by atoms with van der Waals surface area (Å²) in [6.45, 7) is 0. The lowest BCUT2D eigenvalue weighted by Crippen LogP contribution is -2.07. The number of hydrogen-bond acceptors (Lipinski definition) is 5. The van der Waals surface area contributed by atoms with E-state index in [2.05, 4.69) is 0 Å². The number of nitro groups is 1. The molecule has 22 heavy (non-hydrogen) atoms. The van der Waals surface area contributed by atoms with Gasteiger partial charge in [0.2, 0.25) is 0 Å². The third-order valence-electron chi connectivity index (χ3n) is 3.53. The van der Waals surface area contributed by atoms with Crippen molar-refractivity contribution in [3.8, 4) is 0 Å². The van der Waals surface area contributed by atoms with Crippen molar-refractivity contribution >= 4 is 17.4 Å². The molecule has 1 atom stereocenters. The first-order valence-electron chi connectivity index (χ1n) is 6.64. The van der Waals surface area contributed by atoms with Gasteiger partial charge < -0.3 is 4.74 Å². The van der Waals surface area contributed by atoms with E-state index in [1.807, 2.05) is 0 Å². The summed E-state index contributed by atoms with van der Waals surface area (Å²) in [6, 6.07) is 12.7. The van der Waals surface area contributed by atoms with Crippen molar-refractivity contribution in [1.82, 2.24) is 0 Å². The number of esters is 1. The number of hydrogen-bond donors (Lipinski definition) is 0. The molecule has 0 fully saturated rings. The van der Waals surface area contributed by atoms with Gasteiger partial charge in [0, 0.05) is 23.3 Å². The molecule has 0 saturated carbocycles. The molecule has 6 heteroatoms. The lowest BCUT2D eigenvalue weighted by molar-refractivity contribution is -0.384. The number of nitrogens with zero attached hydrogens (tertiary/aromatic N) is 1. The van der Waals surface area contributed by atoms with Crippen molar-refractivity contribution in [3.63, 3.8) is 0 Å². The van der Waals surface area contributed by atoms with Gasteiger partial charge in [-0.05, 0) is 6.07 Å². The van der Waals surface area contributed by atoms with Crippen LogP contribution in [0.3, 0.4) is 0 Å². The van der Waals surface area contributed by atoms with E-state index >= 15 is 0 Å². The van der Waals surface area contributed by atoms with Crippen LogP contribution in [0.5, 0.6) is 0 Å². The summed E-state index contributed by atoms with van der Waals surface area (Å²) in [6.07, 6.45) is -0.684. The molecule has 1 heterocycles. The molecular weight excluding hydrogens is 286 g/mol. The smallest absolute Gasteiger partial charge is 0.339 e. The average Bonchev–Trinajstić information content (AvgIpc) is 2.84. The second kappa shape index (κ2) is 5.40. The van der Waals surface area contributed by atoms with Crippen LogP contribution < -0.4 is 0 Å². The van der Waals surface area contributed by atoms with Crippen LogP contribution in [0.4, 0.5) is 5.69 Å². The quantitative estimate of drug-likeness (QED) is 0.374. The van der Waals surface area contributed by atoms with Crippen LogP contribution in [0.15, 0.2) is 48.5 Å². The van der Waals surface area contributed by atoms with Gasteiger partial charge >= 0.3 is 5.97 Å². The zero-order valence-electron chi connectivity index (χ0n) is 11.4. The Morgan fingerprint density at radius 2 is 1.91 bits per heavy atom. The highest BCUT2D eigenvalue weighted by molar-refractivity contribution is 5.99. The summed E-state index contributed by atoms with van der Waals surface area (Å²) in [5.41, 5.74) is 1.03. The van der Waals surface area contributed by atoms with E-state index < -0.39 is 17.0 Å². The number of ketones is 1. The van der Waals surface area contributed by atoms with Crippen LogP contribution in [0, 0.1) is 10.1 Å². The SMILES string of the molecule is O=C(CC1OC(=O)c2cc([N+](=O)[O-])ccc21)c1ccccc1. The Morgan fingerprint density at radius 3 is 2.59 bits per heavy atom. The fourth-order valence-corrected chi connectivity index (χ4v) is 2.43. The molecule has 1 unspecified atom stereocenters. The van der Waals surface area contributed by atoms with Crippen molar-refractivity contribution in [3.05, 3.63) is 75.3 Å². The summed E-state index contributed by atoms with van der Waals surface area (Å²) in [5.74, 6) is -0.783. The zero-order chi connectivity index (χ0) is 15.7. The maximum absolute atomic E-state index is 12.2. The molecule has 110 valence electrons. The number of rotatable bonds is 4. The van der Waals surface area contributed by atoms with Crippen LogP contribution in [-0.2, 0) is 4.74 Å². The number of Topliss-reactive ketones (excluding diaryl/α,β-unsaturated/α-hetero) is 1. The van der Waals surface area contributed by atoms with Crippen molar-refractivity contribution in [2.45, 2.75) is 12.5 Å². The molecule has 0 spiro atoms. The summed E-state index contributed by atoms with van der Waals surface area (Å²) in [7, 11) is 0. The standard InChI is InChI=1S/C16H11NO5/c18-14(10-4-2-1-3-5-10)9-15-12-7-6-11(17(20)21)8-13(12)16(19)22-15/h1-8,15H,9H2. The van der Waals surface area contributed by atoms with Gasteiger partial charge in [0.25, 0.3) is 5.69 Å². The Hall–Kier alpha value is -3.02. The minimum atomic E-state index is -0.698. The van der Waals surface area contributed by atoms with Gasteiger partial charge in [0.05, 0.1) is 16.9 Å². The van der Waals surface area contributed by atoms with Gasteiger partial charge in [-0.15, -0.1) is 0 Å². The lowest BCUT2D eigenvalue weighted by Gasteiger charge is -2.09. The van der Waals surface area contributed by atoms with E-state index in [0.29, 0.717) is 11.1 Å². The molecule has 0 saturated heterocycles. The summed E-state index contributed by atoms with van der Waals surface area (Å²) >= 11 is 0. The Balaban J connectivity index is 1.86. The number of nitro benzene ring substituents is 1. The molecule has 6 nitrogen and oxygen atoms in total. The normalized spacial score (nSPS) is 16.0. The molecule has 0 aromatic heterocycles. The highest BCUT2D eigenvalue weighted by Crippen LogP contribution is 2.35. The molecule has 1 aliphatic rings. The monoisotopic (exact) mass is 297 g/mol. The number of cyclic esters (lactones) is 1. The number of fused-ring (bicyclic) bond motifs is 1. The average molecular weight is 297 g/mol. The number of benzene rings is 2. The van der Waals surface area contributed by atoms with Gasteiger partial charge in [0.1, 0.15) is 6.10 Å². The Bertz CT molecular complexity index is 769. The fraction of sp³-hybridized carbons (Fsp3) is 0.125. The first kappa shape index (κ1) is 13.9. The summed E-state index contributed by atoms with van der Waals surface area (Å²) < 4.78 is 5.18.